The third-order valence-corrected chi connectivity index (χ3v) is 3.57. The van der Waals surface area contributed by atoms with E-state index >= 15 is 0 Å². The van der Waals surface area contributed by atoms with Gasteiger partial charge in [0.2, 0.25) is 0 Å². The maximum atomic E-state index is 12.2. The summed E-state index contributed by atoms with van der Waals surface area (Å²) >= 11 is 0. The smallest absolute Gasteiger partial charge is 0.335 e. The molecule has 3 rings (SSSR count). The van der Waals surface area contributed by atoms with Gasteiger partial charge in [0.15, 0.2) is 0 Å². The molecule has 0 atom stereocenters. The topological polar surface area (TPSA) is 83.7 Å². The molecule has 0 fully saturated rings. The molecule has 6 heteroatoms. The molecule has 1 amide bonds. The summed E-state index contributed by atoms with van der Waals surface area (Å²) in [5.74, 6) is -1.12. The Morgan fingerprint density at radius 1 is 1.13 bits per heavy atom. The molecule has 1 aromatic carbocycles. The second-order valence-corrected chi connectivity index (χ2v) is 5.10. The van der Waals surface area contributed by atoms with Crippen molar-refractivity contribution in [2.45, 2.75) is 6.42 Å². The van der Waals surface area contributed by atoms with Crippen LogP contribution in [0.2, 0.25) is 0 Å². The number of carboxylic acids is 1. The van der Waals surface area contributed by atoms with E-state index in [1.807, 2.05) is 18.2 Å². The Hall–Kier alpha value is -3.15. The van der Waals surface area contributed by atoms with Crippen molar-refractivity contribution in [3.05, 3.63) is 71.5 Å². The lowest BCUT2D eigenvalue weighted by atomic mass is 10.1. The van der Waals surface area contributed by atoms with Gasteiger partial charge in [0.25, 0.3) is 5.91 Å². The molecule has 116 valence electrons. The molecule has 0 unspecified atom stereocenters. The number of pyridine rings is 1. The second kappa shape index (κ2) is 6.31. The summed E-state index contributed by atoms with van der Waals surface area (Å²) in [6.45, 7) is 0.468. The average Bonchev–Trinajstić information content (AvgIpc) is 2.99. The molecule has 0 saturated carbocycles. The van der Waals surface area contributed by atoms with Crippen molar-refractivity contribution >= 4 is 17.4 Å². The van der Waals surface area contributed by atoms with Gasteiger partial charge in [0.05, 0.1) is 22.8 Å². The van der Waals surface area contributed by atoms with E-state index in [2.05, 4.69) is 10.4 Å². The number of hydrogen-bond donors (Lipinski definition) is 2. The fraction of sp³-hybridized carbons (Fsp3) is 0.118. The maximum Gasteiger partial charge on any atom is 0.335 e. The van der Waals surface area contributed by atoms with E-state index in [0.717, 1.165) is 11.1 Å². The number of fused-ring (bicyclic) bond motifs is 1. The highest BCUT2D eigenvalue weighted by Crippen LogP contribution is 2.10. The van der Waals surface area contributed by atoms with Crippen molar-refractivity contribution < 1.29 is 14.7 Å². The summed E-state index contributed by atoms with van der Waals surface area (Å²) in [6, 6.07) is 12.2. The molecule has 3 aromatic rings. The van der Waals surface area contributed by atoms with Gasteiger partial charge >= 0.3 is 5.97 Å². The van der Waals surface area contributed by atoms with Crippen LogP contribution in [-0.2, 0) is 6.42 Å². The predicted octanol–water partition coefficient (Wildman–Crippen LogP) is 2.00. The van der Waals surface area contributed by atoms with E-state index in [1.54, 1.807) is 41.2 Å². The lowest BCUT2D eigenvalue weighted by Crippen LogP contribution is -2.25. The number of nitrogens with zero attached hydrogens (tertiary/aromatic N) is 2. The number of carboxylic acid groups (broad SMARTS) is 1. The van der Waals surface area contributed by atoms with Crippen LogP contribution < -0.4 is 5.32 Å². The first kappa shape index (κ1) is 14.8. The number of benzene rings is 1. The zero-order valence-corrected chi connectivity index (χ0v) is 12.3. The molecule has 2 heterocycles. The van der Waals surface area contributed by atoms with E-state index in [0.29, 0.717) is 18.5 Å². The third-order valence-electron chi connectivity index (χ3n) is 3.57. The van der Waals surface area contributed by atoms with E-state index in [-0.39, 0.29) is 11.5 Å². The molecule has 0 aliphatic carbocycles. The molecule has 23 heavy (non-hydrogen) atoms. The van der Waals surface area contributed by atoms with Crippen LogP contribution in [0.5, 0.6) is 0 Å². The molecular weight excluding hydrogens is 294 g/mol. The Morgan fingerprint density at radius 2 is 1.91 bits per heavy atom. The van der Waals surface area contributed by atoms with E-state index < -0.39 is 5.97 Å². The van der Waals surface area contributed by atoms with Crippen LogP contribution in [0.4, 0.5) is 0 Å². The van der Waals surface area contributed by atoms with Gasteiger partial charge in [0, 0.05) is 12.7 Å². The van der Waals surface area contributed by atoms with Crippen LogP contribution in [0.1, 0.15) is 26.3 Å². The number of aromatic nitrogens is 2. The van der Waals surface area contributed by atoms with Crippen LogP contribution >= 0.6 is 0 Å². The van der Waals surface area contributed by atoms with Gasteiger partial charge in [0.1, 0.15) is 0 Å². The number of nitrogens with one attached hydrogen (secondary N) is 1. The first-order chi connectivity index (χ1) is 11.1. The van der Waals surface area contributed by atoms with Gasteiger partial charge in [-0.05, 0) is 36.2 Å². The lowest BCUT2D eigenvalue weighted by Gasteiger charge is -2.05. The highest BCUT2D eigenvalue weighted by atomic mass is 16.4. The summed E-state index contributed by atoms with van der Waals surface area (Å²) in [5.41, 5.74) is 2.52. The van der Waals surface area contributed by atoms with Gasteiger partial charge < -0.3 is 10.4 Å². The zero-order chi connectivity index (χ0) is 16.2. The van der Waals surface area contributed by atoms with Crippen molar-refractivity contribution in [1.82, 2.24) is 14.9 Å². The van der Waals surface area contributed by atoms with Crippen molar-refractivity contribution in [2.24, 2.45) is 0 Å². The Balaban J connectivity index is 1.60. The quantitative estimate of drug-likeness (QED) is 0.755. The number of carbonyl (C=O) groups is 2. The van der Waals surface area contributed by atoms with E-state index in [1.165, 1.54) is 0 Å². The minimum absolute atomic E-state index is 0.173. The summed E-state index contributed by atoms with van der Waals surface area (Å²) in [4.78, 5) is 23.0. The molecule has 0 radical (unpaired) electrons. The summed E-state index contributed by atoms with van der Waals surface area (Å²) in [7, 11) is 0. The van der Waals surface area contributed by atoms with E-state index in [9.17, 15) is 9.59 Å². The minimum atomic E-state index is -0.946. The molecule has 0 spiro atoms. The summed E-state index contributed by atoms with van der Waals surface area (Å²) < 4.78 is 1.65. The van der Waals surface area contributed by atoms with Crippen LogP contribution in [0.3, 0.4) is 0 Å². The number of rotatable bonds is 5. The van der Waals surface area contributed by atoms with Crippen LogP contribution in [0, 0.1) is 0 Å². The fourth-order valence-corrected chi connectivity index (χ4v) is 2.34. The highest BCUT2D eigenvalue weighted by molar-refractivity contribution is 6.00. The molecule has 2 aromatic heterocycles. The average molecular weight is 309 g/mol. The highest BCUT2D eigenvalue weighted by Gasteiger charge is 2.11. The number of amides is 1. The van der Waals surface area contributed by atoms with Crippen LogP contribution in [0.25, 0.3) is 5.52 Å². The number of carbonyl (C=O) groups excluding carboxylic acids is 1. The Bertz CT molecular complexity index is 853. The second-order valence-electron chi connectivity index (χ2n) is 5.10. The molecule has 6 nitrogen and oxygen atoms in total. The van der Waals surface area contributed by atoms with Crippen LogP contribution in [-0.4, -0.2) is 33.1 Å². The van der Waals surface area contributed by atoms with Crippen LogP contribution in [0.15, 0.2) is 54.9 Å². The van der Waals surface area contributed by atoms with Crippen molar-refractivity contribution in [3.63, 3.8) is 0 Å². The largest absolute Gasteiger partial charge is 0.478 e. The minimum Gasteiger partial charge on any atom is -0.478 e. The normalized spacial score (nSPS) is 10.6. The molecule has 0 saturated heterocycles. The predicted molar refractivity (Wildman–Crippen MR) is 84.6 cm³/mol. The number of aromatic carboxylic acids is 1. The van der Waals surface area contributed by atoms with Crippen molar-refractivity contribution in [2.75, 3.05) is 6.54 Å². The monoisotopic (exact) mass is 309 g/mol. The molecule has 2 N–H and O–H groups in total. The Labute approximate surface area is 132 Å². The van der Waals surface area contributed by atoms with E-state index in [4.69, 9.17) is 5.11 Å². The first-order valence-electron chi connectivity index (χ1n) is 7.18. The third kappa shape index (κ3) is 3.21. The van der Waals surface area contributed by atoms with Gasteiger partial charge in [-0.2, -0.15) is 5.10 Å². The molecule has 0 bridgehead atoms. The summed E-state index contributed by atoms with van der Waals surface area (Å²) in [5, 5.41) is 15.8. The SMILES string of the molecule is O=C(O)c1ccc(CCNC(=O)c2cnn3ccccc23)cc1. The zero-order valence-electron chi connectivity index (χ0n) is 12.3. The summed E-state index contributed by atoms with van der Waals surface area (Å²) in [6.07, 6.45) is 3.97. The lowest BCUT2D eigenvalue weighted by molar-refractivity contribution is 0.0696. The Kier molecular flexibility index (Phi) is 4.05. The van der Waals surface area contributed by atoms with Gasteiger partial charge in [-0.25, -0.2) is 9.31 Å². The molecule has 0 aliphatic heterocycles. The molecule has 0 aliphatic rings. The van der Waals surface area contributed by atoms with Crippen molar-refractivity contribution in [1.29, 1.82) is 0 Å². The fourth-order valence-electron chi connectivity index (χ4n) is 2.34. The maximum absolute atomic E-state index is 12.2. The molecular formula is C17H15N3O3. The number of hydrogen-bond acceptors (Lipinski definition) is 3. The van der Waals surface area contributed by atoms with Gasteiger partial charge in [-0.3, -0.25) is 4.79 Å². The van der Waals surface area contributed by atoms with Gasteiger partial charge in [-0.15, -0.1) is 0 Å². The van der Waals surface area contributed by atoms with Crippen molar-refractivity contribution in [3.8, 4) is 0 Å². The standard InChI is InChI=1S/C17H15N3O3/c21-16(14-11-19-20-10-2-1-3-15(14)20)18-9-8-12-4-6-13(7-5-12)17(22)23/h1-7,10-11H,8-9H2,(H,18,21)(H,22,23). The Morgan fingerprint density at radius 3 is 2.65 bits per heavy atom. The first-order valence-corrected chi connectivity index (χ1v) is 7.18. The van der Waals surface area contributed by atoms with Gasteiger partial charge in [-0.1, -0.05) is 18.2 Å².